The van der Waals surface area contributed by atoms with Crippen LogP contribution in [0.3, 0.4) is 0 Å². The maximum absolute atomic E-state index is 15.4. The van der Waals surface area contributed by atoms with Gasteiger partial charge in [0.1, 0.15) is 23.3 Å². The number of rotatable bonds is 8. The molecular weight excluding hydrogens is 516 g/mol. The number of amides is 1. The molecule has 1 aliphatic carbocycles. The molecule has 12 heteroatoms. The number of hydrogen-bond donors (Lipinski definition) is 2. The largest absolute Gasteiger partial charge is 0.417 e. The van der Waals surface area contributed by atoms with E-state index in [1.165, 1.54) is 0 Å². The summed E-state index contributed by atoms with van der Waals surface area (Å²) in [6, 6.07) is 5.75. The quantitative estimate of drug-likeness (QED) is 0.393. The molecular formula is C26H23F6N3O3. The second kappa shape index (κ2) is 11.0. The fraction of sp³-hybridized carbons (Fsp3) is 0.346. The van der Waals surface area contributed by atoms with Crippen molar-refractivity contribution in [1.29, 1.82) is 0 Å². The summed E-state index contributed by atoms with van der Waals surface area (Å²) in [6.07, 6.45) is -4.35. The van der Waals surface area contributed by atoms with Gasteiger partial charge in [0.25, 0.3) is 5.56 Å². The van der Waals surface area contributed by atoms with Gasteiger partial charge in [0, 0.05) is 35.9 Å². The first-order chi connectivity index (χ1) is 17.9. The van der Waals surface area contributed by atoms with E-state index in [9.17, 15) is 31.5 Å². The molecule has 1 fully saturated rings. The number of alkyl halides is 3. The molecule has 6 nitrogen and oxygen atoms in total. The topological polar surface area (TPSA) is 84.1 Å². The van der Waals surface area contributed by atoms with Crippen LogP contribution >= 0.6 is 0 Å². The zero-order valence-corrected chi connectivity index (χ0v) is 20.1. The number of nitrogens with one attached hydrogen (secondary N) is 2. The highest BCUT2D eigenvalue weighted by Crippen LogP contribution is 2.38. The molecule has 3 aromatic rings. The van der Waals surface area contributed by atoms with Gasteiger partial charge in [-0.15, -0.1) is 0 Å². The van der Waals surface area contributed by atoms with E-state index < -0.39 is 64.5 Å². The van der Waals surface area contributed by atoms with Gasteiger partial charge in [-0.1, -0.05) is 13.0 Å². The first-order valence-corrected chi connectivity index (χ1v) is 11.8. The highest BCUT2D eigenvalue weighted by atomic mass is 19.4. The first kappa shape index (κ1) is 27.4. The van der Waals surface area contributed by atoms with Crippen LogP contribution in [0.4, 0.5) is 26.3 Å². The highest BCUT2D eigenvalue weighted by Gasteiger charge is 2.38. The predicted octanol–water partition coefficient (Wildman–Crippen LogP) is 5.05. The van der Waals surface area contributed by atoms with Crippen molar-refractivity contribution in [1.82, 2.24) is 15.3 Å². The maximum atomic E-state index is 15.4. The molecule has 0 spiro atoms. The van der Waals surface area contributed by atoms with E-state index in [2.05, 4.69) is 15.3 Å². The molecule has 0 atom stereocenters. The third-order valence-corrected chi connectivity index (χ3v) is 6.25. The summed E-state index contributed by atoms with van der Waals surface area (Å²) in [7, 11) is 0. The van der Waals surface area contributed by atoms with Crippen LogP contribution < -0.4 is 10.9 Å². The van der Waals surface area contributed by atoms with Crippen LogP contribution in [-0.2, 0) is 35.3 Å². The number of carbonyl (C=O) groups is 1. The monoisotopic (exact) mass is 539 g/mol. The van der Waals surface area contributed by atoms with Crippen LogP contribution in [0.25, 0.3) is 11.4 Å². The minimum Gasteiger partial charge on any atom is -0.373 e. The molecule has 4 rings (SSSR count). The van der Waals surface area contributed by atoms with E-state index in [1.807, 2.05) is 0 Å². The van der Waals surface area contributed by atoms with Crippen LogP contribution in [0, 0.1) is 23.4 Å². The molecule has 0 unspecified atom stereocenters. The summed E-state index contributed by atoms with van der Waals surface area (Å²) in [6.45, 7) is 1.22. The van der Waals surface area contributed by atoms with E-state index in [1.54, 1.807) is 6.92 Å². The summed E-state index contributed by atoms with van der Waals surface area (Å²) >= 11 is 0. The Morgan fingerprint density at radius 3 is 2.42 bits per heavy atom. The Kier molecular flexibility index (Phi) is 7.91. The Bertz CT molecular complexity index is 1380. The summed E-state index contributed by atoms with van der Waals surface area (Å²) in [5.74, 6) is -4.18. The Labute approximate surface area is 213 Å². The number of nitrogens with zero attached hydrogens (tertiary/aromatic N) is 1. The SMILES string of the molecule is CCc1cc(=O)[nH]c(-c2c(C(F)(F)F)ccc(CNC(=O)[C@H]3C[C@H](OCc4cc(F)cc(F)c4)C3)c2F)n1. The molecule has 0 bridgehead atoms. The lowest BCUT2D eigenvalue weighted by Crippen LogP contribution is -2.42. The van der Waals surface area contributed by atoms with E-state index in [0.717, 1.165) is 30.3 Å². The van der Waals surface area contributed by atoms with Gasteiger partial charge in [0.05, 0.1) is 23.8 Å². The number of hydrogen-bond acceptors (Lipinski definition) is 4. The molecule has 1 saturated carbocycles. The summed E-state index contributed by atoms with van der Waals surface area (Å²) in [4.78, 5) is 30.5. The summed E-state index contributed by atoms with van der Waals surface area (Å²) in [5, 5.41) is 2.51. The van der Waals surface area contributed by atoms with Gasteiger partial charge in [0.2, 0.25) is 5.91 Å². The van der Waals surface area contributed by atoms with Crippen molar-refractivity contribution in [2.75, 3.05) is 0 Å². The first-order valence-electron chi connectivity index (χ1n) is 11.8. The van der Waals surface area contributed by atoms with Gasteiger partial charge >= 0.3 is 6.18 Å². The van der Waals surface area contributed by atoms with Crippen LogP contribution in [-0.4, -0.2) is 22.0 Å². The Morgan fingerprint density at radius 2 is 1.79 bits per heavy atom. The van der Waals surface area contributed by atoms with Crippen molar-refractivity contribution >= 4 is 5.91 Å². The van der Waals surface area contributed by atoms with Gasteiger partial charge in [-0.25, -0.2) is 18.2 Å². The second-order valence-electron chi connectivity index (χ2n) is 8.99. The van der Waals surface area contributed by atoms with E-state index in [4.69, 9.17) is 4.74 Å². The Balaban J connectivity index is 1.42. The minimum atomic E-state index is -4.92. The average Bonchev–Trinajstić information content (AvgIpc) is 2.80. The average molecular weight is 539 g/mol. The van der Waals surface area contributed by atoms with Crippen LogP contribution in [0.15, 0.2) is 41.2 Å². The summed E-state index contributed by atoms with van der Waals surface area (Å²) in [5.41, 5.74) is -2.64. The predicted molar refractivity (Wildman–Crippen MR) is 124 cm³/mol. The van der Waals surface area contributed by atoms with Crippen molar-refractivity contribution in [2.24, 2.45) is 5.92 Å². The molecule has 202 valence electrons. The van der Waals surface area contributed by atoms with Crippen molar-refractivity contribution in [3.05, 3.63) is 86.6 Å². The maximum Gasteiger partial charge on any atom is 0.417 e. The molecule has 0 saturated heterocycles. The zero-order valence-electron chi connectivity index (χ0n) is 20.1. The molecule has 0 aliphatic heterocycles. The summed E-state index contributed by atoms with van der Waals surface area (Å²) < 4.78 is 88.4. The highest BCUT2D eigenvalue weighted by molar-refractivity contribution is 5.79. The van der Waals surface area contributed by atoms with E-state index in [-0.39, 0.29) is 30.4 Å². The van der Waals surface area contributed by atoms with E-state index in [0.29, 0.717) is 24.5 Å². The second-order valence-corrected chi connectivity index (χ2v) is 8.99. The molecule has 2 N–H and O–H groups in total. The lowest BCUT2D eigenvalue weighted by atomic mass is 9.81. The lowest BCUT2D eigenvalue weighted by molar-refractivity contribution is -0.137. The van der Waals surface area contributed by atoms with E-state index >= 15 is 4.39 Å². The number of aromatic amines is 1. The number of benzene rings is 2. The third-order valence-electron chi connectivity index (χ3n) is 6.25. The molecule has 0 radical (unpaired) electrons. The van der Waals surface area contributed by atoms with Gasteiger partial charge in [-0.3, -0.25) is 9.59 Å². The molecule has 1 aromatic heterocycles. The van der Waals surface area contributed by atoms with Crippen LogP contribution in [0.2, 0.25) is 0 Å². The standard InChI is InChI=1S/C26H23F6N3O3/c1-2-18-10-21(36)35-24(34-18)22-20(26(30,31)32)4-3-14(23(22)29)11-33-25(37)15-7-19(8-15)38-12-13-5-16(27)9-17(28)6-13/h3-6,9-10,15,19H,2,7-8,11-12H2,1H3,(H,33,37)(H,34,35,36)/t15-,19-. The minimum absolute atomic E-state index is 0.0391. The molecule has 2 aromatic carbocycles. The van der Waals surface area contributed by atoms with Crippen molar-refractivity contribution in [3.63, 3.8) is 0 Å². The smallest absolute Gasteiger partial charge is 0.373 e. The van der Waals surface area contributed by atoms with Crippen molar-refractivity contribution in [2.45, 2.75) is 51.6 Å². The van der Waals surface area contributed by atoms with Gasteiger partial charge in [-0.05, 0) is 43.0 Å². The number of aryl methyl sites for hydroxylation is 1. The van der Waals surface area contributed by atoms with Gasteiger partial charge < -0.3 is 15.0 Å². The Hall–Kier alpha value is -3.67. The fourth-order valence-corrected chi connectivity index (χ4v) is 4.18. The Morgan fingerprint density at radius 1 is 1.11 bits per heavy atom. The van der Waals surface area contributed by atoms with Crippen molar-refractivity contribution in [3.8, 4) is 11.4 Å². The number of ether oxygens (including phenoxy) is 1. The van der Waals surface area contributed by atoms with Crippen molar-refractivity contribution < 1.29 is 35.9 Å². The van der Waals surface area contributed by atoms with Gasteiger partial charge in [0.15, 0.2) is 0 Å². The fourth-order valence-electron chi connectivity index (χ4n) is 4.18. The van der Waals surface area contributed by atoms with Crippen LogP contribution in [0.1, 0.15) is 42.1 Å². The number of H-pyrrole nitrogens is 1. The number of aromatic nitrogens is 2. The molecule has 1 amide bonds. The molecule has 38 heavy (non-hydrogen) atoms. The lowest BCUT2D eigenvalue weighted by Gasteiger charge is -2.34. The number of halogens is 6. The molecule has 1 heterocycles. The zero-order chi connectivity index (χ0) is 27.6. The van der Waals surface area contributed by atoms with Crippen LogP contribution in [0.5, 0.6) is 0 Å². The van der Waals surface area contributed by atoms with Gasteiger partial charge in [-0.2, -0.15) is 13.2 Å². The third kappa shape index (κ3) is 6.24. The normalized spacial score (nSPS) is 17.2. The number of carbonyl (C=O) groups excluding carboxylic acids is 1. The molecule has 1 aliphatic rings.